The Morgan fingerprint density at radius 1 is 1.07 bits per heavy atom. The minimum absolute atomic E-state index is 0.592. The van der Waals surface area contributed by atoms with Crippen LogP contribution in [0.25, 0.3) is 9.65 Å². The minimum atomic E-state index is -1.13. The third kappa shape index (κ3) is 1.99. The number of hydrogen-bond donors (Lipinski definition) is 0. The van der Waals surface area contributed by atoms with Crippen molar-refractivity contribution in [1.82, 2.24) is 0 Å². The zero-order valence-electron chi connectivity index (χ0n) is 10.1. The topological polar surface area (TPSA) is 0 Å². The molecule has 0 aliphatic rings. The molecule has 0 nitrogen and oxygen atoms in total. The van der Waals surface area contributed by atoms with Crippen molar-refractivity contribution < 1.29 is 0 Å². The van der Waals surface area contributed by atoms with Gasteiger partial charge < -0.3 is 0 Å². The van der Waals surface area contributed by atoms with Crippen LogP contribution in [0.4, 0.5) is 0 Å². The summed E-state index contributed by atoms with van der Waals surface area (Å²) in [6, 6.07) is 7.17. The van der Waals surface area contributed by atoms with Crippen molar-refractivity contribution in [2.24, 2.45) is 0 Å². The molecule has 2 aromatic rings. The molecule has 0 saturated carbocycles. The maximum absolute atomic E-state index is 2.47. The molecule has 1 heterocycles. The Morgan fingerprint density at radius 3 is 2.33 bits per heavy atom. The SMILES string of the molecule is Cc1[se]c2cc([Si](C)(C)C)ccc2c1C. The van der Waals surface area contributed by atoms with E-state index in [1.54, 1.807) is 13.9 Å². The summed E-state index contributed by atoms with van der Waals surface area (Å²) in [6.07, 6.45) is 0. The summed E-state index contributed by atoms with van der Waals surface area (Å²) in [5.74, 6) is 0. The Labute approximate surface area is 99.1 Å². The van der Waals surface area contributed by atoms with Crippen molar-refractivity contribution >= 4 is 37.4 Å². The van der Waals surface area contributed by atoms with E-state index in [1.165, 1.54) is 10.9 Å². The molecule has 80 valence electrons. The van der Waals surface area contributed by atoms with Gasteiger partial charge in [-0.25, -0.2) is 0 Å². The van der Waals surface area contributed by atoms with E-state index >= 15 is 0 Å². The maximum atomic E-state index is 2.47. The van der Waals surface area contributed by atoms with Gasteiger partial charge in [-0.3, -0.25) is 0 Å². The molecule has 1 aromatic carbocycles. The van der Waals surface area contributed by atoms with E-state index in [1.807, 2.05) is 0 Å². The summed E-state index contributed by atoms with van der Waals surface area (Å²) in [6.45, 7) is 11.8. The third-order valence-corrected chi connectivity index (χ3v) is 7.54. The van der Waals surface area contributed by atoms with Crippen LogP contribution in [-0.2, 0) is 0 Å². The van der Waals surface area contributed by atoms with Crippen molar-refractivity contribution in [3.8, 4) is 0 Å². The summed E-state index contributed by atoms with van der Waals surface area (Å²) in [5, 5.41) is 3.11. The fourth-order valence-corrected chi connectivity index (χ4v) is 5.54. The van der Waals surface area contributed by atoms with Gasteiger partial charge in [-0.2, -0.15) is 0 Å². The van der Waals surface area contributed by atoms with Crippen LogP contribution in [0.1, 0.15) is 10.0 Å². The van der Waals surface area contributed by atoms with Crippen molar-refractivity contribution in [2.75, 3.05) is 0 Å². The standard InChI is InChI=1S/C13H18SeSi/c1-9-10(2)14-13-8-11(15(3,4)5)6-7-12(9)13/h6-8H,1-5H3. The fourth-order valence-electron chi connectivity index (χ4n) is 1.81. The van der Waals surface area contributed by atoms with E-state index in [0.717, 1.165) is 0 Å². The van der Waals surface area contributed by atoms with Crippen LogP contribution in [-0.4, -0.2) is 22.6 Å². The van der Waals surface area contributed by atoms with E-state index in [0.29, 0.717) is 14.5 Å². The molecule has 0 bridgehead atoms. The van der Waals surface area contributed by atoms with Crippen molar-refractivity contribution in [3.05, 3.63) is 28.2 Å². The molecule has 0 aliphatic heterocycles. The normalized spacial score (nSPS) is 12.3. The molecule has 0 amide bonds. The van der Waals surface area contributed by atoms with Gasteiger partial charge in [0.2, 0.25) is 0 Å². The molecule has 0 saturated heterocycles. The molecule has 15 heavy (non-hydrogen) atoms. The second-order valence-corrected chi connectivity index (χ2v) is 13.0. The molecule has 0 N–H and O–H groups in total. The van der Waals surface area contributed by atoms with Crippen LogP contribution in [0.2, 0.25) is 19.6 Å². The van der Waals surface area contributed by atoms with Crippen LogP contribution in [0, 0.1) is 13.8 Å². The fraction of sp³-hybridized carbons (Fsp3) is 0.385. The predicted octanol–water partition coefficient (Wildman–Crippen LogP) is 3.06. The Hall–Kier alpha value is -0.304. The number of benzene rings is 1. The summed E-state index contributed by atoms with van der Waals surface area (Å²) < 4.78 is 3.21. The van der Waals surface area contributed by atoms with Crippen LogP contribution >= 0.6 is 0 Å². The van der Waals surface area contributed by atoms with Gasteiger partial charge in [-0.1, -0.05) is 0 Å². The van der Waals surface area contributed by atoms with Crippen LogP contribution in [0.5, 0.6) is 0 Å². The van der Waals surface area contributed by atoms with Gasteiger partial charge in [0.1, 0.15) is 0 Å². The molecule has 0 radical (unpaired) electrons. The van der Waals surface area contributed by atoms with Gasteiger partial charge in [-0.15, -0.1) is 0 Å². The van der Waals surface area contributed by atoms with Crippen LogP contribution < -0.4 is 5.19 Å². The van der Waals surface area contributed by atoms with Gasteiger partial charge in [0, 0.05) is 0 Å². The zero-order valence-corrected chi connectivity index (χ0v) is 12.9. The summed E-state index contributed by atoms with van der Waals surface area (Å²) in [5.41, 5.74) is 1.52. The Balaban J connectivity index is 2.67. The molecule has 0 spiro atoms. The van der Waals surface area contributed by atoms with Gasteiger partial charge >= 0.3 is 99.1 Å². The third-order valence-electron chi connectivity index (χ3n) is 3.04. The Morgan fingerprint density at radius 2 is 1.73 bits per heavy atom. The van der Waals surface area contributed by atoms with Gasteiger partial charge in [0.25, 0.3) is 0 Å². The summed E-state index contributed by atoms with van der Waals surface area (Å²) in [4.78, 5) is 0. The molecule has 0 atom stereocenters. The molecular weight excluding hydrogens is 263 g/mol. The Kier molecular flexibility index (Phi) is 2.70. The first-order chi connectivity index (χ1) is 6.89. The van der Waals surface area contributed by atoms with Crippen molar-refractivity contribution in [3.63, 3.8) is 0 Å². The molecule has 0 unspecified atom stereocenters. The monoisotopic (exact) mass is 282 g/mol. The number of fused-ring (bicyclic) bond motifs is 1. The first-order valence-corrected chi connectivity index (χ1v) is 10.6. The first-order valence-electron chi connectivity index (χ1n) is 5.40. The van der Waals surface area contributed by atoms with E-state index in [2.05, 4.69) is 51.7 Å². The number of rotatable bonds is 1. The average molecular weight is 281 g/mol. The molecule has 0 aliphatic carbocycles. The second-order valence-electron chi connectivity index (χ2n) is 5.24. The first kappa shape index (κ1) is 11.2. The molecule has 1 aromatic heterocycles. The van der Waals surface area contributed by atoms with E-state index in [4.69, 9.17) is 0 Å². The molecular formula is C13H18SeSi. The Bertz CT molecular complexity index is 503. The molecule has 2 heteroatoms. The molecule has 2 rings (SSSR count). The quantitative estimate of drug-likeness (QED) is 0.705. The van der Waals surface area contributed by atoms with Gasteiger partial charge in [0.15, 0.2) is 0 Å². The van der Waals surface area contributed by atoms with Crippen molar-refractivity contribution in [2.45, 2.75) is 33.5 Å². The van der Waals surface area contributed by atoms with Gasteiger partial charge in [-0.05, 0) is 0 Å². The average Bonchev–Trinajstić information content (AvgIpc) is 2.41. The van der Waals surface area contributed by atoms with Gasteiger partial charge in [0.05, 0.1) is 0 Å². The van der Waals surface area contributed by atoms with Crippen LogP contribution in [0.3, 0.4) is 0 Å². The summed E-state index contributed by atoms with van der Waals surface area (Å²) in [7, 11) is -1.13. The van der Waals surface area contributed by atoms with E-state index in [9.17, 15) is 0 Å². The van der Waals surface area contributed by atoms with Crippen molar-refractivity contribution in [1.29, 1.82) is 0 Å². The van der Waals surface area contributed by atoms with Crippen LogP contribution in [0.15, 0.2) is 18.2 Å². The number of aryl methyl sites for hydroxylation is 2. The predicted molar refractivity (Wildman–Crippen MR) is 73.3 cm³/mol. The van der Waals surface area contributed by atoms with E-state index < -0.39 is 8.07 Å². The number of hydrogen-bond acceptors (Lipinski definition) is 0. The summed E-state index contributed by atoms with van der Waals surface area (Å²) >= 11 is 0.592. The molecule has 0 fully saturated rings. The zero-order chi connectivity index (χ0) is 11.2. The second kappa shape index (κ2) is 3.62. The van der Waals surface area contributed by atoms with E-state index in [-0.39, 0.29) is 0 Å².